The van der Waals surface area contributed by atoms with E-state index >= 15 is 0 Å². The maximum absolute atomic E-state index is 10.1. The molecule has 5 heteroatoms. The van der Waals surface area contributed by atoms with Crippen molar-refractivity contribution in [3.8, 4) is 16.9 Å². The molecule has 2 heterocycles. The summed E-state index contributed by atoms with van der Waals surface area (Å²) in [5.74, 6) is 1.27. The second kappa shape index (κ2) is 8.64. The zero-order valence-electron chi connectivity index (χ0n) is 16.8. The second-order valence-electron chi connectivity index (χ2n) is 7.33. The molecule has 4 rings (SSSR count). The topological polar surface area (TPSA) is 63.6 Å². The molecule has 2 atom stereocenters. The fraction of sp³-hybridized carbons (Fsp3) is 0.292. The van der Waals surface area contributed by atoms with E-state index in [4.69, 9.17) is 9.47 Å². The summed E-state index contributed by atoms with van der Waals surface area (Å²) in [4.78, 5) is 4.17. The summed E-state index contributed by atoms with van der Waals surface area (Å²) in [6.07, 6.45) is 3.34. The van der Waals surface area contributed by atoms with Gasteiger partial charge < -0.3 is 19.9 Å². The normalized spacial score (nSPS) is 16.6. The number of benzene rings is 2. The lowest BCUT2D eigenvalue weighted by Crippen LogP contribution is -2.21. The molecule has 0 aliphatic carbocycles. The van der Waals surface area contributed by atoms with Crippen molar-refractivity contribution in [2.75, 3.05) is 25.6 Å². The molecule has 0 saturated carbocycles. The van der Waals surface area contributed by atoms with Crippen LogP contribution in [-0.4, -0.2) is 30.4 Å². The monoisotopic (exact) mass is 390 g/mol. The Morgan fingerprint density at radius 2 is 2.10 bits per heavy atom. The Labute approximate surface area is 171 Å². The van der Waals surface area contributed by atoms with E-state index in [2.05, 4.69) is 59.7 Å². The van der Waals surface area contributed by atoms with Crippen molar-refractivity contribution in [1.29, 1.82) is 0 Å². The highest BCUT2D eigenvalue weighted by atomic mass is 16.6. The van der Waals surface area contributed by atoms with E-state index in [1.165, 1.54) is 29.4 Å². The minimum atomic E-state index is -0.973. The summed E-state index contributed by atoms with van der Waals surface area (Å²) in [7, 11) is 1.48. The van der Waals surface area contributed by atoms with Gasteiger partial charge in [-0.3, -0.25) is 4.98 Å². The zero-order valence-corrected chi connectivity index (χ0v) is 16.8. The van der Waals surface area contributed by atoms with Crippen molar-refractivity contribution in [3.63, 3.8) is 0 Å². The number of nitrogens with zero attached hydrogens (tertiary/aromatic N) is 1. The summed E-state index contributed by atoms with van der Waals surface area (Å²) >= 11 is 0. The Morgan fingerprint density at radius 3 is 2.93 bits per heavy atom. The summed E-state index contributed by atoms with van der Waals surface area (Å²) in [6.45, 7) is 3.55. The molecule has 150 valence electrons. The van der Waals surface area contributed by atoms with E-state index in [1.807, 2.05) is 0 Å². The van der Waals surface area contributed by atoms with E-state index in [0.29, 0.717) is 18.1 Å². The molecule has 1 aliphatic rings. The summed E-state index contributed by atoms with van der Waals surface area (Å²) in [5.41, 5.74) is 6.33. The maximum Gasteiger partial charge on any atom is 0.182 e. The highest BCUT2D eigenvalue weighted by Gasteiger charge is 2.23. The summed E-state index contributed by atoms with van der Waals surface area (Å²) in [6, 6.07) is 16.7. The fourth-order valence-corrected chi connectivity index (χ4v) is 3.87. The van der Waals surface area contributed by atoms with Gasteiger partial charge in [-0.2, -0.15) is 0 Å². The Balaban J connectivity index is 1.55. The number of aliphatic hydroxyl groups is 1. The lowest BCUT2D eigenvalue weighted by atomic mass is 9.90. The quantitative estimate of drug-likeness (QED) is 0.599. The molecule has 2 N–H and O–H groups in total. The molecule has 0 saturated heterocycles. The number of hydrogen-bond donors (Lipinski definition) is 2. The van der Waals surface area contributed by atoms with Crippen LogP contribution in [0.3, 0.4) is 0 Å². The van der Waals surface area contributed by atoms with Gasteiger partial charge in [-0.1, -0.05) is 36.4 Å². The number of aromatic nitrogens is 1. The van der Waals surface area contributed by atoms with Crippen molar-refractivity contribution < 1.29 is 14.6 Å². The van der Waals surface area contributed by atoms with Crippen LogP contribution >= 0.6 is 0 Å². The van der Waals surface area contributed by atoms with Gasteiger partial charge in [0.05, 0.1) is 18.5 Å². The molecule has 0 amide bonds. The van der Waals surface area contributed by atoms with Crippen LogP contribution in [0.4, 0.5) is 5.69 Å². The minimum absolute atomic E-state index is 0.317. The van der Waals surface area contributed by atoms with Crippen molar-refractivity contribution in [2.24, 2.45) is 0 Å². The Morgan fingerprint density at radius 1 is 1.24 bits per heavy atom. The number of pyridine rings is 1. The molecule has 0 spiro atoms. The van der Waals surface area contributed by atoms with Gasteiger partial charge in [0, 0.05) is 31.3 Å². The van der Waals surface area contributed by atoms with E-state index in [-0.39, 0.29) is 0 Å². The molecule has 1 unspecified atom stereocenters. The number of anilines is 1. The van der Waals surface area contributed by atoms with E-state index < -0.39 is 6.29 Å². The van der Waals surface area contributed by atoms with Crippen LogP contribution in [-0.2, 0) is 4.74 Å². The van der Waals surface area contributed by atoms with Crippen molar-refractivity contribution >= 4 is 5.69 Å². The average molecular weight is 390 g/mol. The van der Waals surface area contributed by atoms with Crippen molar-refractivity contribution in [3.05, 3.63) is 77.6 Å². The van der Waals surface area contributed by atoms with Gasteiger partial charge in [0.2, 0.25) is 0 Å². The summed E-state index contributed by atoms with van der Waals surface area (Å²) < 4.78 is 11.0. The average Bonchev–Trinajstić information content (AvgIpc) is 2.77. The van der Waals surface area contributed by atoms with E-state index in [1.54, 1.807) is 18.5 Å². The van der Waals surface area contributed by atoms with Crippen LogP contribution in [0.15, 0.2) is 60.9 Å². The van der Waals surface area contributed by atoms with Gasteiger partial charge in [0.15, 0.2) is 6.29 Å². The first-order valence-corrected chi connectivity index (χ1v) is 9.88. The highest BCUT2D eigenvalue weighted by Crippen LogP contribution is 2.37. The van der Waals surface area contributed by atoms with Crippen LogP contribution in [0.2, 0.25) is 0 Å². The molecule has 29 heavy (non-hydrogen) atoms. The third kappa shape index (κ3) is 4.11. The molecule has 0 fully saturated rings. The van der Waals surface area contributed by atoms with Crippen molar-refractivity contribution in [2.45, 2.75) is 25.6 Å². The Bertz CT molecular complexity index is 989. The lowest BCUT2D eigenvalue weighted by Gasteiger charge is -2.27. The first-order valence-electron chi connectivity index (χ1n) is 9.88. The predicted octanol–water partition coefficient (Wildman–Crippen LogP) is 4.67. The number of nitrogens with one attached hydrogen (secondary N) is 1. The van der Waals surface area contributed by atoms with Gasteiger partial charge in [0.1, 0.15) is 5.75 Å². The fourth-order valence-electron chi connectivity index (χ4n) is 3.87. The first kappa shape index (κ1) is 19.4. The Hall–Kier alpha value is -2.89. The van der Waals surface area contributed by atoms with Crippen LogP contribution in [0.1, 0.15) is 35.3 Å². The number of fused-ring (bicyclic) bond motifs is 1. The molecule has 3 aromatic rings. The molecule has 0 radical (unpaired) electrons. The summed E-state index contributed by atoms with van der Waals surface area (Å²) in [5, 5.41) is 13.5. The number of methoxy groups -OCH3 is 1. The van der Waals surface area contributed by atoms with Crippen molar-refractivity contribution in [1.82, 2.24) is 4.98 Å². The van der Waals surface area contributed by atoms with E-state index in [9.17, 15) is 5.11 Å². The SMILES string of the molecule is COC(O)c1ccncc1NC[C@H]1CCOc2cc(-c3ccccc3C)ccc21. The lowest BCUT2D eigenvalue weighted by molar-refractivity contribution is -0.0764. The third-order valence-corrected chi connectivity index (χ3v) is 5.52. The van der Waals surface area contributed by atoms with Crippen LogP contribution in [0.5, 0.6) is 5.75 Å². The molecule has 2 aromatic carbocycles. The van der Waals surface area contributed by atoms with Crippen LogP contribution in [0, 0.1) is 6.92 Å². The number of aryl methyl sites for hydroxylation is 1. The van der Waals surface area contributed by atoms with Gasteiger partial charge >= 0.3 is 0 Å². The molecule has 1 aromatic heterocycles. The van der Waals surface area contributed by atoms with Crippen LogP contribution in [0.25, 0.3) is 11.1 Å². The molecular weight excluding hydrogens is 364 g/mol. The predicted molar refractivity (Wildman–Crippen MR) is 114 cm³/mol. The third-order valence-electron chi connectivity index (χ3n) is 5.52. The van der Waals surface area contributed by atoms with Gasteiger partial charge in [-0.25, -0.2) is 0 Å². The standard InChI is InChI=1S/C24H26N2O3/c1-16-5-3-4-6-19(16)17-7-8-20-18(10-12-29-23(20)13-17)14-26-22-15-25-11-9-21(22)24(27)28-2/h3-9,11,13,15,18,24,26-27H,10,12,14H2,1-2H3/t18-,24?/m1/s1. The number of aliphatic hydroxyl groups excluding tert-OH is 1. The van der Waals surface area contributed by atoms with E-state index in [0.717, 1.165) is 24.4 Å². The molecule has 1 aliphatic heterocycles. The van der Waals surface area contributed by atoms with Gasteiger partial charge in [-0.15, -0.1) is 0 Å². The second-order valence-corrected chi connectivity index (χ2v) is 7.33. The molecule has 5 nitrogen and oxygen atoms in total. The number of rotatable bonds is 6. The van der Waals surface area contributed by atoms with Gasteiger partial charge in [0.25, 0.3) is 0 Å². The largest absolute Gasteiger partial charge is 0.493 e. The number of hydrogen-bond acceptors (Lipinski definition) is 5. The maximum atomic E-state index is 10.1. The minimum Gasteiger partial charge on any atom is -0.493 e. The number of ether oxygens (including phenoxy) is 2. The smallest absolute Gasteiger partial charge is 0.182 e. The molecular formula is C24H26N2O3. The van der Waals surface area contributed by atoms with Crippen LogP contribution < -0.4 is 10.1 Å². The Kier molecular flexibility index (Phi) is 5.79. The highest BCUT2D eigenvalue weighted by molar-refractivity contribution is 5.69. The zero-order chi connectivity index (χ0) is 20.2. The van der Waals surface area contributed by atoms with Gasteiger partial charge in [-0.05, 0) is 47.7 Å². The first-order chi connectivity index (χ1) is 14.2. The molecule has 0 bridgehead atoms.